The predicted molar refractivity (Wildman–Crippen MR) is 133 cm³/mol. The largest absolute Gasteiger partial charge is 0.486 e. The monoisotopic (exact) mass is 502 g/mol. The molecule has 0 radical (unpaired) electrons. The molecule has 10 heteroatoms. The summed E-state index contributed by atoms with van der Waals surface area (Å²) < 4.78 is 25.1. The number of ether oxygens (including phenoxy) is 4. The zero-order valence-corrected chi connectivity index (χ0v) is 19.9. The van der Waals surface area contributed by atoms with Gasteiger partial charge in [0.1, 0.15) is 19.8 Å². The molecule has 1 atom stereocenters. The lowest BCUT2D eigenvalue weighted by atomic mass is 10.2. The van der Waals surface area contributed by atoms with E-state index in [1.165, 1.54) is 11.8 Å². The molecular formula is C26H22N4O5S. The summed E-state index contributed by atoms with van der Waals surface area (Å²) in [6, 6.07) is 22.6. The Morgan fingerprint density at radius 1 is 0.889 bits per heavy atom. The molecule has 0 saturated carbocycles. The van der Waals surface area contributed by atoms with Gasteiger partial charge in [0.2, 0.25) is 5.91 Å². The first-order valence-corrected chi connectivity index (χ1v) is 12.4. The number of thioether (sulfide) groups is 1. The predicted octanol–water partition coefficient (Wildman–Crippen LogP) is 4.28. The van der Waals surface area contributed by atoms with Gasteiger partial charge in [0.25, 0.3) is 0 Å². The lowest BCUT2D eigenvalue weighted by molar-refractivity contribution is -0.113. The third kappa shape index (κ3) is 4.55. The first-order valence-electron chi connectivity index (χ1n) is 11.5. The Morgan fingerprint density at radius 2 is 1.64 bits per heavy atom. The molecule has 3 heterocycles. The number of carbonyl (C=O) groups excluding carboxylic acids is 1. The van der Waals surface area contributed by atoms with Crippen LogP contribution in [0, 0.1) is 0 Å². The highest BCUT2D eigenvalue weighted by atomic mass is 32.2. The van der Waals surface area contributed by atoms with E-state index in [1.807, 2.05) is 59.2 Å². The van der Waals surface area contributed by atoms with Gasteiger partial charge in [-0.2, -0.15) is 0 Å². The molecule has 2 aliphatic heterocycles. The van der Waals surface area contributed by atoms with E-state index in [1.54, 1.807) is 18.2 Å². The van der Waals surface area contributed by atoms with Gasteiger partial charge in [-0.3, -0.25) is 9.36 Å². The molecule has 1 amide bonds. The van der Waals surface area contributed by atoms with Crippen molar-refractivity contribution in [3.63, 3.8) is 0 Å². The number of carbonyl (C=O) groups is 1. The minimum Gasteiger partial charge on any atom is -0.486 e. The van der Waals surface area contributed by atoms with E-state index in [2.05, 4.69) is 15.5 Å². The molecule has 0 bridgehead atoms. The third-order valence-corrected chi connectivity index (χ3v) is 6.56. The molecule has 1 N–H and O–H groups in total. The molecule has 3 aromatic carbocycles. The number of hydrogen-bond acceptors (Lipinski definition) is 8. The van der Waals surface area contributed by atoms with Gasteiger partial charge in [-0.05, 0) is 36.4 Å². The number of fused-ring (bicyclic) bond motifs is 2. The van der Waals surface area contributed by atoms with E-state index in [-0.39, 0.29) is 11.7 Å². The Bertz CT molecular complexity index is 1390. The smallest absolute Gasteiger partial charge is 0.234 e. The van der Waals surface area contributed by atoms with Crippen LogP contribution >= 0.6 is 11.8 Å². The normalized spacial score (nSPS) is 15.8. The van der Waals surface area contributed by atoms with Crippen molar-refractivity contribution in [2.45, 2.75) is 11.3 Å². The van der Waals surface area contributed by atoms with E-state index in [0.29, 0.717) is 59.5 Å². The zero-order valence-electron chi connectivity index (χ0n) is 19.1. The van der Waals surface area contributed by atoms with Crippen molar-refractivity contribution in [1.82, 2.24) is 14.8 Å². The Labute approximate surface area is 211 Å². The van der Waals surface area contributed by atoms with Crippen LogP contribution in [0.5, 0.6) is 23.0 Å². The lowest BCUT2D eigenvalue weighted by Gasteiger charge is -2.26. The summed E-state index contributed by atoms with van der Waals surface area (Å²) in [6.07, 6.45) is -0.450. The standard InChI is InChI=1S/C26H22N4O5S/c31-24(27-17-10-11-20-22(14-17)33-13-12-32-20)16-36-26-29-28-25(30(26)18-6-2-1-3-7-18)23-15-34-19-8-4-5-9-21(19)35-23/h1-11,14,23H,12-13,15-16H2,(H,27,31). The number of amides is 1. The first-order chi connectivity index (χ1) is 17.7. The molecule has 0 aliphatic carbocycles. The molecule has 9 nitrogen and oxygen atoms in total. The van der Waals surface area contributed by atoms with E-state index >= 15 is 0 Å². The molecule has 0 fully saturated rings. The number of hydrogen-bond donors (Lipinski definition) is 1. The summed E-state index contributed by atoms with van der Waals surface area (Å²) in [7, 11) is 0. The maximum Gasteiger partial charge on any atom is 0.234 e. The highest BCUT2D eigenvalue weighted by Gasteiger charge is 2.29. The van der Waals surface area contributed by atoms with Crippen molar-refractivity contribution in [1.29, 1.82) is 0 Å². The molecule has 1 unspecified atom stereocenters. The van der Waals surface area contributed by atoms with Crippen molar-refractivity contribution in [3.05, 3.63) is 78.6 Å². The second kappa shape index (κ2) is 9.82. The van der Waals surface area contributed by atoms with Crippen LogP contribution in [0.15, 0.2) is 78.0 Å². The highest BCUT2D eigenvalue weighted by molar-refractivity contribution is 7.99. The molecule has 4 aromatic rings. The van der Waals surface area contributed by atoms with Crippen molar-refractivity contribution in [3.8, 4) is 28.7 Å². The molecule has 2 aliphatic rings. The number of nitrogens with zero attached hydrogens (tertiary/aromatic N) is 3. The van der Waals surface area contributed by atoms with E-state index < -0.39 is 6.10 Å². The van der Waals surface area contributed by atoms with Gasteiger partial charge in [-0.25, -0.2) is 0 Å². The Hall–Kier alpha value is -4.18. The average molecular weight is 503 g/mol. The Balaban J connectivity index is 1.20. The Kier molecular flexibility index (Phi) is 6.08. The summed E-state index contributed by atoms with van der Waals surface area (Å²) in [4.78, 5) is 12.7. The quantitative estimate of drug-likeness (QED) is 0.390. The van der Waals surface area contributed by atoms with Gasteiger partial charge in [0.15, 0.2) is 40.1 Å². The Morgan fingerprint density at radius 3 is 2.50 bits per heavy atom. The summed E-state index contributed by atoms with van der Waals surface area (Å²) in [5.74, 6) is 3.22. The van der Waals surface area contributed by atoms with Crippen LogP contribution in [-0.2, 0) is 4.79 Å². The summed E-state index contributed by atoms with van der Waals surface area (Å²) in [5.41, 5.74) is 1.51. The highest BCUT2D eigenvalue weighted by Crippen LogP contribution is 2.37. The van der Waals surface area contributed by atoms with Crippen LogP contribution in [0.2, 0.25) is 0 Å². The van der Waals surface area contributed by atoms with Crippen LogP contribution in [0.1, 0.15) is 11.9 Å². The van der Waals surface area contributed by atoms with Gasteiger partial charge < -0.3 is 24.3 Å². The van der Waals surface area contributed by atoms with Gasteiger partial charge in [-0.1, -0.05) is 42.1 Å². The minimum atomic E-state index is -0.450. The molecule has 182 valence electrons. The second-order valence-electron chi connectivity index (χ2n) is 8.07. The topological polar surface area (TPSA) is 96.7 Å². The number of para-hydroxylation sites is 3. The number of rotatable bonds is 6. The SMILES string of the molecule is O=C(CSc1nnc(C2COc3ccccc3O2)n1-c1ccccc1)Nc1ccc2c(c1)OCCO2. The van der Waals surface area contributed by atoms with E-state index in [0.717, 1.165) is 5.69 Å². The zero-order chi connectivity index (χ0) is 24.3. The average Bonchev–Trinajstić information content (AvgIpc) is 3.36. The van der Waals surface area contributed by atoms with Crippen LogP contribution in [0.25, 0.3) is 5.69 Å². The van der Waals surface area contributed by atoms with Gasteiger partial charge >= 0.3 is 0 Å². The maximum atomic E-state index is 12.7. The van der Waals surface area contributed by atoms with Crippen LogP contribution in [0.3, 0.4) is 0 Å². The number of benzene rings is 3. The second-order valence-corrected chi connectivity index (χ2v) is 9.01. The van der Waals surface area contributed by atoms with Gasteiger partial charge in [0, 0.05) is 17.4 Å². The van der Waals surface area contributed by atoms with Crippen molar-refractivity contribution >= 4 is 23.4 Å². The fourth-order valence-electron chi connectivity index (χ4n) is 4.00. The molecule has 1 aromatic heterocycles. The van der Waals surface area contributed by atoms with Crippen molar-refractivity contribution in [2.75, 3.05) is 30.9 Å². The van der Waals surface area contributed by atoms with Gasteiger partial charge in [0.05, 0.1) is 5.75 Å². The third-order valence-electron chi connectivity index (χ3n) is 5.63. The van der Waals surface area contributed by atoms with Crippen LogP contribution < -0.4 is 24.3 Å². The molecule has 6 rings (SSSR count). The van der Waals surface area contributed by atoms with Crippen molar-refractivity contribution in [2.24, 2.45) is 0 Å². The van der Waals surface area contributed by atoms with Crippen molar-refractivity contribution < 1.29 is 23.7 Å². The molecule has 0 saturated heterocycles. The summed E-state index contributed by atoms with van der Waals surface area (Å²) >= 11 is 1.29. The number of nitrogens with one attached hydrogen (secondary N) is 1. The van der Waals surface area contributed by atoms with E-state index in [4.69, 9.17) is 18.9 Å². The summed E-state index contributed by atoms with van der Waals surface area (Å²) in [5, 5.41) is 12.3. The molecular weight excluding hydrogens is 480 g/mol. The van der Waals surface area contributed by atoms with Crippen LogP contribution in [-0.4, -0.2) is 46.2 Å². The van der Waals surface area contributed by atoms with E-state index in [9.17, 15) is 4.79 Å². The maximum absolute atomic E-state index is 12.7. The summed E-state index contributed by atoms with van der Waals surface area (Å²) in [6.45, 7) is 1.31. The number of anilines is 1. The van der Waals surface area contributed by atoms with Gasteiger partial charge in [-0.15, -0.1) is 10.2 Å². The molecule has 0 spiro atoms. The number of aromatic nitrogens is 3. The minimum absolute atomic E-state index is 0.143. The first kappa shape index (κ1) is 22.3. The van der Waals surface area contributed by atoms with Crippen LogP contribution in [0.4, 0.5) is 5.69 Å². The fraction of sp³-hybridized carbons (Fsp3) is 0.192. The molecule has 36 heavy (non-hydrogen) atoms. The lowest BCUT2D eigenvalue weighted by Crippen LogP contribution is -2.24. The fourth-order valence-corrected chi connectivity index (χ4v) is 4.76.